The zero-order chi connectivity index (χ0) is 16.8. The van der Waals surface area contributed by atoms with Gasteiger partial charge in [0, 0.05) is 36.8 Å². The van der Waals surface area contributed by atoms with Crippen molar-refractivity contribution in [2.24, 2.45) is 7.05 Å². The molecule has 1 aromatic carbocycles. The number of hydrogen-bond acceptors (Lipinski definition) is 2. The molecule has 1 heterocycles. The van der Waals surface area contributed by atoms with Crippen LogP contribution < -0.4 is 5.32 Å². The highest BCUT2D eigenvalue weighted by molar-refractivity contribution is 5.92. The molecule has 1 amide bonds. The van der Waals surface area contributed by atoms with Crippen molar-refractivity contribution < 1.29 is 4.79 Å². The number of aromatic nitrogens is 2. The van der Waals surface area contributed by atoms with Crippen molar-refractivity contribution in [1.82, 2.24) is 15.1 Å². The van der Waals surface area contributed by atoms with Gasteiger partial charge in [-0.25, -0.2) is 0 Å². The Morgan fingerprint density at radius 2 is 2.00 bits per heavy atom. The number of benzene rings is 1. The van der Waals surface area contributed by atoms with Gasteiger partial charge in [-0.05, 0) is 31.9 Å². The molecule has 4 heteroatoms. The zero-order valence-corrected chi connectivity index (χ0v) is 14.3. The highest BCUT2D eigenvalue weighted by Crippen LogP contribution is 2.18. The lowest BCUT2D eigenvalue weighted by molar-refractivity contribution is -0.116. The first kappa shape index (κ1) is 17.0. The molecule has 0 radical (unpaired) electrons. The van der Waals surface area contributed by atoms with Crippen LogP contribution in [0.4, 0.5) is 0 Å². The first-order chi connectivity index (χ1) is 11.0. The molecule has 0 aliphatic heterocycles. The fourth-order valence-corrected chi connectivity index (χ4v) is 2.70. The van der Waals surface area contributed by atoms with Gasteiger partial charge in [-0.15, -0.1) is 0 Å². The highest BCUT2D eigenvalue weighted by atomic mass is 16.1. The number of carbonyl (C=O) groups excluding carboxylic acids is 1. The van der Waals surface area contributed by atoms with Crippen LogP contribution in [0.3, 0.4) is 0 Å². The zero-order valence-electron chi connectivity index (χ0n) is 14.3. The molecule has 1 atom stereocenters. The number of hydrogen-bond donors (Lipinski definition) is 1. The summed E-state index contributed by atoms with van der Waals surface area (Å²) in [6.07, 6.45) is 4.43. The number of carbonyl (C=O) groups is 1. The second-order valence-electron chi connectivity index (χ2n) is 5.80. The minimum absolute atomic E-state index is 0.0676. The largest absolute Gasteiger partial charge is 0.352 e. The van der Waals surface area contributed by atoms with Gasteiger partial charge in [0.25, 0.3) is 0 Å². The van der Waals surface area contributed by atoms with Crippen LogP contribution in [0, 0.1) is 13.8 Å². The molecule has 0 unspecified atom stereocenters. The van der Waals surface area contributed by atoms with Crippen molar-refractivity contribution in [2.75, 3.05) is 6.54 Å². The Morgan fingerprint density at radius 1 is 1.30 bits per heavy atom. The molecule has 4 nitrogen and oxygen atoms in total. The molecule has 1 aromatic heterocycles. The Hall–Kier alpha value is -2.36. The number of aryl methyl sites for hydroxylation is 2. The van der Waals surface area contributed by atoms with Gasteiger partial charge in [-0.2, -0.15) is 5.10 Å². The van der Waals surface area contributed by atoms with E-state index in [0.717, 1.165) is 23.4 Å². The maximum absolute atomic E-state index is 12.1. The van der Waals surface area contributed by atoms with E-state index in [1.807, 2.05) is 49.9 Å². The van der Waals surface area contributed by atoms with Gasteiger partial charge in [0.2, 0.25) is 5.91 Å². The average Bonchev–Trinajstić information content (AvgIpc) is 2.79. The minimum atomic E-state index is -0.0676. The topological polar surface area (TPSA) is 46.9 Å². The summed E-state index contributed by atoms with van der Waals surface area (Å²) in [4.78, 5) is 12.1. The summed E-state index contributed by atoms with van der Waals surface area (Å²) >= 11 is 0. The number of nitrogens with zero attached hydrogens (tertiary/aromatic N) is 2. The van der Waals surface area contributed by atoms with E-state index in [0.29, 0.717) is 12.5 Å². The Balaban J connectivity index is 1.95. The summed E-state index contributed by atoms with van der Waals surface area (Å²) in [5.41, 5.74) is 4.27. The predicted molar refractivity (Wildman–Crippen MR) is 94.2 cm³/mol. The van der Waals surface area contributed by atoms with Crippen LogP contribution in [-0.2, 0) is 11.8 Å². The van der Waals surface area contributed by atoms with Crippen LogP contribution in [0.1, 0.15) is 41.8 Å². The molecule has 122 valence electrons. The van der Waals surface area contributed by atoms with Crippen LogP contribution in [0.2, 0.25) is 0 Å². The Labute approximate surface area is 138 Å². The molecule has 2 rings (SSSR count). The maximum Gasteiger partial charge on any atom is 0.244 e. The molecule has 0 saturated heterocycles. The standard InChI is InChI=1S/C19H25N3O/c1-5-16(17-9-7-6-8-10-17)13-20-19(23)12-11-18-14(2)21-22(4)15(18)3/h6-12,16H,5,13H2,1-4H3,(H,20,23)/b12-11-/t16-/m1/s1. The van der Waals surface area contributed by atoms with E-state index in [1.165, 1.54) is 5.56 Å². The Kier molecular flexibility index (Phi) is 5.74. The van der Waals surface area contributed by atoms with E-state index in [-0.39, 0.29) is 5.91 Å². The van der Waals surface area contributed by atoms with Gasteiger partial charge in [-0.3, -0.25) is 9.48 Å². The van der Waals surface area contributed by atoms with Crippen LogP contribution in [0.5, 0.6) is 0 Å². The second kappa shape index (κ2) is 7.77. The third-order valence-corrected chi connectivity index (χ3v) is 4.25. The van der Waals surface area contributed by atoms with Gasteiger partial charge in [0.05, 0.1) is 5.69 Å². The van der Waals surface area contributed by atoms with Gasteiger partial charge in [-0.1, -0.05) is 37.3 Å². The van der Waals surface area contributed by atoms with Crippen molar-refractivity contribution in [2.45, 2.75) is 33.1 Å². The van der Waals surface area contributed by atoms with E-state index in [9.17, 15) is 4.79 Å². The van der Waals surface area contributed by atoms with E-state index in [1.54, 1.807) is 6.08 Å². The lowest BCUT2D eigenvalue weighted by Gasteiger charge is -2.15. The quantitative estimate of drug-likeness (QED) is 0.832. The smallest absolute Gasteiger partial charge is 0.244 e. The SMILES string of the molecule is CC[C@H](CNC(=O)/C=C\c1c(C)nn(C)c1C)c1ccccc1. The van der Waals surface area contributed by atoms with E-state index < -0.39 is 0 Å². The lowest BCUT2D eigenvalue weighted by Crippen LogP contribution is -2.26. The molecule has 0 aliphatic carbocycles. The van der Waals surface area contributed by atoms with Gasteiger partial charge < -0.3 is 5.32 Å². The predicted octanol–water partition coefficient (Wildman–Crippen LogP) is 3.36. The van der Waals surface area contributed by atoms with E-state index in [4.69, 9.17) is 0 Å². The van der Waals surface area contributed by atoms with Gasteiger partial charge >= 0.3 is 0 Å². The van der Waals surface area contributed by atoms with Crippen molar-refractivity contribution in [3.8, 4) is 0 Å². The van der Waals surface area contributed by atoms with E-state index in [2.05, 4.69) is 29.5 Å². The summed E-state index contributed by atoms with van der Waals surface area (Å²) < 4.78 is 1.83. The first-order valence-corrected chi connectivity index (χ1v) is 8.04. The van der Waals surface area contributed by atoms with Gasteiger partial charge in [0.1, 0.15) is 0 Å². The van der Waals surface area contributed by atoms with Crippen molar-refractivity contribution >= 4 is 12.0 Å². The van der Waals surface area contributed by atoms with Gasteiger partial charge in [0.15, 0.2) is 0 Å². The van der Waals surface area contributed by atoms with Crippen LogP contribution in [0.15, 0.2) is 36.4 Å². The lowest BCUT2D eigenvalue weighted by atomic mass is 9.96. The van der Waals surface area contributed by atoms with E-state index >= 15 is 0 Å². The second-order valence-corrected chi connectivity index (χ2v) is 5.80. The van der Waals surface area contributed by atoms with Crippen LogP contribution >= 0.6 is 0 Å². The summed E-state index contributed by atoms with van der Waals surface area (Å²) in [6, 6.07) is 10.3. The molecule has 0 saturated carbocycles. The molecular weight excluding hydrogens is 286 g/mol. The molecule has 23 heavy (non-hydrogen) atoms. The average molecular weight is 311 g/mol. The normalized spacial score (nSPS) is 12.5. The summed E-state index contributed by atoms with van der Waals surface area (Å²) in [7, 11) is 1.91. The number of amides is 1. The summed E-state index contributed by atoms with van der Waals surface area (Å²) in [5, 5.41) is 7.34. The molecule has 1 N–H and O–H groups in total. The highest BCUT2D eigenvalue weighted by Gasteiger charge is 2.10. The summed E-state index contributed by atoms with van der Waals surface area (Å²) in [6.45, 7) is 6.74. The summed E-state index contributed by atoms with van der Waals surface area (Å²) in [5.74, 6) is 0.275. The number of nitrogens with one attached hydrogen (secondary N) is 1. The van der Waals surface area contributed by atoms with Crippen molar-refractivity contribution in [3.05, 3.63) is 58.9 Å². The minimum Gasteiger partial charge on any atom is -0.352 e. The van der Waals surface area contributed by atoms with Crippen molar-refractivity contribution in [3.63, 3.8) is 0 Å². The third kappa shape index (κ3) is 4.31. The fraction of sp³-hybridized carbons (Fsp3) is 0.368. The molecular formula is C19H25N3O. The fourth-order valence-electron chi connectivity index (χ4n) is 2.70. The molecule has 0 bridgehead atoms. The molecule has 0 fully saturated rings. The van der Waals surface area contributed by atoms with Crippen LogP contribution in [-0.4, -0.2) is 22.2 Å². The molecule has 2 aromatic rings. The third-order valence-electron chi connectivity index (χ3n) is 4.25. The molecule has 0 spiro atoms. The van der Waals surface area contributed by atoms with Crippen LogP contribution in [0.25, 0.3) is 6.08 Å². The van der Waals surface area contributed by atoms with Crippen molar-refractivity contribution in [1.29, 1.82) is 0 Å². The molecule has 0 aliphatic rings. The first-order valence-electron chi connectivity index (χ1n) is 8.04. The maximum atomic E-state index is 12.1. The Bertz CT molecular complexity index is 686. The number of rotatable bonds is 6. The monoisotopic (exact) mass is 311 g/mol. The Morgan fingerprint density at radius 3 is 2.57 bits per heavy atom.